The number of benzene rings is 1. The van der Waals surface area contributed by atoms with E-state index in [1.54, 1.807) is 0 Å². The van der Waals surface area contributed by atoms with Gasteiger partial charge in [0.1, 0.15) is 6.04 Å². The zero-order valence-corrected chi connectivity index (χ0v) is 15.9. The Morgan fingerprint density at radius 1 is 1.22 bits per heavy atom. The maximum atomic E-state index is 11.9. The Kier molecular flexibility index (Phi) is 6.73. The number of carbonyl (C=O) groups is 3. The average molecular weight is 391 g/mol. The van der Waals surface area contributed by atoms with E-state index in [0.717, 1.165) is 24.2 Å². The Balaban J connectivity index is 1.31. The largest absolute Gasteiger partial charge is 0.392 e. The minimum absolute atomic E-state index is 0.0933. The number of thioether (sulfide) groups is 1. The van der Waals surface area contributed by atoms with Crippen molar-refractivity contribution in [3.05, 3.63) is 35.9 Å². The molecule has 0 aromatic heterocycles. The molecule has 8 heteroatoms. The summed E-state index contributed by atoms with van der Waals surface area (Å²) in [6.07, 6.45) is 2.95. The lowest BCUT2D eigenvalue weighted by Crippen LogP contribution is -2.36. The molecule has 4 atom stereocenters. The zero-order chi connectivity index (χ0) is 19.2. The van der Waals surface area contributed by atoms with E-state index < -0.39 is 18.0 Å². The SMILES string of the molecule is N[C@@H](Cc1ccccc1)C(=O)OC(=O)CCCC[C@@H]1SC[C@@H]2NC(=O)N[C@@H]21. The van der Waals surface area contributed by atoms with Crippen LogP contribution in [0.5, 0.6) is 0 Å². The molecule has 0 unspecified atom stereocenters. The molecule has 2 fully saturated rings. The number of amides is 2. The summed E-state index contributed by atoms with van der Waals surface area (Å²) in [5.41, 5.74) is 6.75. The van der Waals surface area contributed by atoms with Gasteiger partial charge in [-0.3, -0.25) is 4.79 Å². The summed E-state index contributed by atoms with van der Waals surface area (Å²) in [7, 11) is 0. The van der Waals surface area contributed by atoms with Crippen LogP contribution in [0.2, 0.25) is 0 Å². The van der Waals surface area contributed by atoms with Crippen LogP contribution in [-0.2, 0) is 20.7 Å². The molecule has 1 aromatic carbocycles. The highest BCUT2D eigenvalue weighted by molar-refractivity contribution is 8.00. The summed E-state index contributed by atoms with van der Waals surface area (Å²) in [5, 5.41) is 6.23. The first kappa shape index (κ1) is 19.7. The molecule has 0 bridgehead atoms. The molecule has 2 aliphatic rings. The summed E-state index contributed by atoms with van der Waals surface area (Å²) in [5.74, 6) is -0.293. The van der Waals surface area contributed by atoms with Crippen LogP contribution in [0.3, 0.4) is 0 Å². The molecular weight excluding hydrogens is 366 g/mol. The summed E-state index contributed by atoms with van der Waals surface area (Å²) >= 11 is 1.85. The lowest BCUT2D eigenvalue weighted by atomic mass is 10.0. The van der Waals surface area contributed by atoms with Crippen molar-refractivity contribution < 1.29 is 19.1 Å². The molecule has 146 valence electrons. The molecule has 0 aliphatic carbocycles. The molecule has 2 saturated heterocycles. The number of esters is 2. The van der Waals surface area contributed by atoms with Crippen molar-refractivity contribution in [2.45, 2.75) is 55.5 Å². The quantitative estimate of drug-likeness (QED) is 0.267. The highest BCUT2D eigenvalue weighted by Crippen LogP contribution is 2.33. The van der Waals surface area contributed by atoms with Gasteiger partial charge in [-0.25, -0.2) is 9.59 Å². The molecule has 2 heterocycles. The van der Waals surface area contributed by atoms with Gasteiger partial charge in [0.2, 0.25) is 0 Å². The van der Waals surface area contributed by atoms with E-state index in [1.807, 2.05) is 42.1 Å². The van der Waals surface area contributed by atoms with Gasteiger partial charge < -0.3 is 21.1 Å². The number of unbranched alkanes of at least 4 members (excludes halogenated alkanes) is 1. The van der Waals surface area contributed by atoms with Gasteiger partial charge in [-0.1, -0.05) is 36.8 Å². The molecular formula is C19H25N3O4S. The van der Waals surface area contributed by atoms with E-state index in [9.17, 15) is 14.4 Å². The highest BCUT2D eigenvalue weighted by atomic mass is 32.2. The van der Waals surface area contributed by atoms with E-state index in [4.69, 9.17) is 10.5 Å². The third kappa shape index (κ3) is 5.46. The minimum Gasteiger partial charge on any atom is -0.392 e. The second-order valence-corrected chi connectivity index (χ2v) is 8.23. The topological polar surface area (TPSA) is 111 Å². The van der Waals surface area contributed by atoms with Gasteiger partial charge in [0.05, 0.1) is 12.1 Å². The fourth-order valence-corrected chi connectivity index (χ4v) is 4.99. The maximum absolute atomic E-state index is 11.9. The molecule has 0 saturated carbocycles. The van der Waals surface area contributed by atoms with Crippen molar-refractivity contribution >= 4 is 29.7 Å². The number of rotatable bonds is 8. The van der Waals surface area contributed by atoms with Crippen LogP contribution >= 0.6 is 11.8 Å². The molecule has 2 amide bonds. The van der Waals surface area contributed by atoms with Crippen LogP contribution in [0.25, 0.3) is 0 Å². The number of hydrogen-bond acceptors (Lipinski definition) is 6. The maximum Gasteiger partial charge on any atom is 0.330 e. The average Bonchev–Trinajstić information content (AvgIpc) is 3.19. The standard InChI is InChI=1S/C19H25N3O4S/c20-13(10-12-6-2-1-3-7-12)18(24)26-16(23)9-5-4-8-15-17-14(11-27-15)21-19(25)22-17/h1-3,6-7,13-15,17H,4-5,8-11,20H2,(H2,21,22,25)/t13-,14-,15-,17-/m0/s1. The van der Waals surface area contributed by atoms with E-state index in [0.29, 0.717) is 18.1 Å². The molecule has 0 radical (unpaired) electrons. The number of nitrogens with one attached hydrogen (secondary N) is 2. The van der Waals surface area contributed by atoms with Crippen molar-refractivity contribution in [2.24, 2.45) is 5.73 Å². The lowest BCUT2D eigenvalue weighted by Gasteiger charge is -2.16. The van der Waals surface area contributed by atoms with Gasteiger partial charge >= 0.3 is 18.0 Å². The van der Waals surface area contributed by atoms with E-state index in [1.165, 1.54) is 0 Å². The first-order valence-electron chi connectivity index (χ1n) is 9.25. The normalized spacial score (nSPS) is 24.6. The smallest absolute Gasteiger partial charge is 0.330 e. The number of ether oxygens (including phenoxy) is 1. The second-order valence-electron chi connectivity index (χ2n) is 6.96. The van der Waals surface area contributed by atoms with Gasteiger partial charge in [0.25, 0.3) is 0 Å². The Hall–Kier alpha value is -2.06. The molecule has 3 rings (SSSR count). The highest BCUT2D eigenvalue weighted by Gasteiger charge is 2.42. The van der Waals surface area contributed by atoms with Gasteiger partial charge in [0.15, 0.2) is 0 Å². The predicted octanol–water partition coefficient (Wildman–Crippen LogP) is 1.35. The van der Waals surface area contributed by atoms with E-state index >= 15 is 0 Å². The van der Waals surface area contributed by atoms with Crippen molar-refractivity contribution in [2.75, 3.05) is 5.75 Å². The number of urea groups is 1. The predicted molar refractivity (Wildman–Crippen MR) is 103 cm³/mol. The number of carbonyl (C=O) groups excluding carboxylic acids is 3. The van der Waals surface area contributed by atoms with E-state index in [2.05, 4.69) is 10.6 Å². The number of nitrogens with two attached hydrogens (primary N) is 1. The first-order chi connectivity index (χ1) is 13.0. The molecule has 2 aliphatic heterocycles. The molecule has 4 N–H and O–H groups in total. The van der Waals surface area contributed by atoms with Crippen LogP contribution in [0.1, 0.15) is 31.2 Å². The van der Waals surface area contributed by atoms with Crippen molar-refractivity contribution in [1.29, 1.82) is 0 Å². The lowest BCUT2D eigenvalue weighted by molar-refractivity contribution is -0.160. The Bertz CT molecular complexity index is 685. The molecule has 27 heavy (non-hydrogen) atoms. The Morgan fingerprint density at radius 2 is 2.00 bits per heavy atom. The third-order valence-electron chi connectivity index (χ3n) is 4.87. The molecule has 7 nitrogen and oxygen atoms in total. The third-order valence-corrected chi connectivity index (χ3v) is 6.38. The fourth-order valence-electron chi connectivity index (χ4n) is 3.45. The van der Waals surface area contributed by atoms with Gasteiger partial charge in [-0.2, -0.15) is 11.8 Å². The monoisotopic (exact) mass is 391 g/mol. The van der Waals surface area contributed by atoms with Crippen molar-refractivity contribution in [3.8, 4) is 0 Å². The van der Waals surface area contributed by atoms with Crippen LogP contribution in [0, 0.1) is 0 Å². The number of fused-ring (bicyclic) bond motifs is 1. The fraction of sp³-hybridized carbons (Fsp3) is 0.526. The van der Waals surface area contributed by atoms with Crippen LogP contribution in [-0.4, -0.2) is 47.1 Å². The van der Waals surface area contributed by atoms with Crippen molar-refractivity contribution in [1.82, 2.24) is 10.6 Å². The van der Waals surface area contributed by atoms with E-state index in [-0.39, 0.29) is 24.5 Å². The first-order valence-corrected chi connectivity index (χ1v) is 10.3. The van der Waals surface area contributed by atoms with Gasteiger partial charge in [-0.15, -0.1) is 0 Å². The molecule has 1 aromatic rings. The Labute approximate surface area is 162 Å². The summed E-state index contributed by atoms with van der Waals surface area (Å²) in [4.78, 5) is 35.2. The van der Waals surface area contributed by atoms with Gasteiger partial charge in [0, 0.05) is 17.4 Å². The summed E-state index contributed by atoms with van der Waals surface area (Å²) in [6, 6.07) is 8.83. The van der Waals surface area contributed by atoms with Crippen LogP contribution in [0.4, 0.5) is 4.79 Å². The Morgan fingerprint density at radius 3 is 2.78 bits per heavy atom. The zero-order valence-electron chi connectivity index (χ0n) is 15.1. The van der Waals surface area contributed by atoms with Gasteiger partial charge in [-0.05, 0) is 24.8 Å². The summed E-state index contributed by atoms with van der Waals surface area (Å²) < 4.78 is 4.86. The minimum atomic E-state index is -0.846. The molecule has 0 spiro atoms. The van der Waals surface area contributed by atoms with Crippen LogP contribution < -0.4 is 16.4 Å². The second kappa shape index (κ2) is 9.23. The summed E-state index contributed by atoms with van der Waals surface area (Å²) in [6.45, 7) is 0. The van der Waals surface area contributed by atoms with Crippen molar-refractivity contribution in [3.63, 3.8) is 0 Å². The van der Waals surface area contributed by atoms with Crippen LogP contribution in [0.15, 0.2) is 30.3 Å². The number of hydrogen-bond donors (Lipinski definition) is 3.